The van der Waals surface area contributed by atoms with Crippen molar-refractivity contribution in [2.75, 3.05) is 46.3 Å². The molecule has 0 spiro atoms. The van der Waals surface area contributed by atoms with Gasteiger partial charge in [0.1, 0.15) is 0 Å². The third kappa shape index (κ3) is 4.22. The molecule has 2 fully saturated rings. The van der Waals surface area contributed by atoms with Gasteiger partial charge in [-0.1, -0.05) is 13.3 Å². The molecule has 0 aliphatic carbocycles. The van der Waals surface area contributed by atoms with Crippen molar-refractivity contribution < 1.29 is 0 Å². The average molecular weight is 253 g/mol. The minimum absolute atomic E-state index is 0.779. The standard InChI is InChI=1S/C15H31N3/c1-14(12-16-2)13-17-10-6-15(7-11-17)18-8-4-3-5-9-18/h14-16H,3-13H2,1-2H3. The smallest absolute Gasteiger partial charge is 0.0120 e. The molecule has 1 N–H and O–H groups in total. The van der Waals surface area contributed by atoms with Gasteiger partial charge in [-0.2, -0.15) is 0 Å². The summed E-state index contributed by atoms with van der Waals surface area (Å²) in [6, 6.07) is 0.890. The summed E-state index contributed by atoms with van der Waals surface area (Å²) in [5.41, 5.74) is 0. The minimum atomic E-state index is 0.779. The quantitative estimate of drug-likeness (QED) is 0.806. The molecule has 0 saturated carbocycles. The van der Waals surface area contributed by atoms with E-state index in [0.29, 0.717) is 0 Å². The Balaban J connectivity index is 1.67. The Kier molecular flexibility index (Phi) is 5.93. The molecule has 0 aromatic carbocycles. The molecule has 2 rings (SSSR count). The van der Waals surface area contributed by atoms with Crippen LogP contribution in [0.25, 0.3) is 0 Å². The second kappa shape index (κ2) is 7.46. The molecular weight excluding hydrogens is 222 g/mol. The summed E-state index contributed by atoms with van der Waals surface area (Å²) in [4.78, 5) is 5.43. The highest BCUT2D eigenvalue weighted by Crippen LogP contribution is 2.21. The van der Waals surface area contributed by atoms with Crippen LogP contribution in [-0.4, -0.2) is 62.2 Å². The van der Waals surface area contributed by atoms with Gasteiger partial charge in [-0.15, -0.1) is 0 Å². The Hall–Kier alpha value is -0.120. The van der Waals surface area contributed by atoms with Crippen molar-refractivity contribution >= 4 is 0 Å². The van der Waals surface area contributed by atoms with Gasteiger partial charge in [0, 0.05) is 12.6 Å². The van der Waals surface area contributed by atoms with Crippen molar-refractivity contribution in [2.45, 2.75) is 45.1 Å². The van der Waals surface area contributed by atoms with Crippen molar-refractivity contribution in [3.8, 4) is 0 Å². The Morgan fingerprint density at radius 3 is 2.33 bits per heavy atom. The van der Waals surface area contributed by atoms with E-state index in [2.05, 4.69) is 29.1 Å². The maximum Gasteiger partial charge on any atom is 0.0120 e. The Morgan fingerprint density at radius 2 is 1.72 bits per heavy atom. The Bertz CT molecular complexity index is 218. The van der Waals surface area contributed by atoms with Crippen molar-refractivity contribution in [2.24, 2.45) is 5.92 Å². The molecule has 3 nitrogen and oxygen atoms in total. The number of nitrogens with one attached hydrogen (secondary N) is 1. The van der Waals surface area contributed by atoms with Gasteiger partial charge < -0.3 is 15.1 Å². The van der Waals surface area contributed by atoms with E-state index in [9.17, 15) is 0 Å². The highest BCUT2D eigenvalue weighted by Gasteiger charge is 2.25. The van der Waals surface area contributed by atoms with Gasteiger partial charge in [0.05, 0.1) is 0 Å². The van der Waals surface area contributed by atoms with E-state index in [1.54, 1.807) is 0 Å². The first-order chi connectivity index (χ1) is 8.79. The summed E-state index contributed by atoms with van der Waals surface area (Å²) in [6.45, 7) is 10.1. The van der Waals surface area contributed by atoms with E-state index in [1.165, 1.54) is 64.8 Å². The third-order valence-corrected chi connectivity index (χ3v) is 4.59. The fraction of sp³-hybridized carbons (Fsp3) is 1.00. The first kappa shape index (κ1) is 14.3. The molecule has 2 aliphatic heterocycles. The summed E-state index contributed by atoms with van der Waals surface area (Å²) in [5, 5.41) is 3.28. The first-order valence-corrected chi connectivity index (χ1v) is 7.90. The van der Waals surface area contributed by atoms with Crippen molar-refractivity contribution in [3.05, 3.63) is 0 Å². The van der Waals surface area contributed by atoms with Crippen LogP contribution in [-0.2, 0) is 0 Å². The first-order valence-electron chi connectivity index (χ1n) is 7.90. The van der Waals surface area contributed by atoms with Crippen molar-refractivity contribution in [1.29, 1.82) is 0 Å². The number of likely N-dealkylation sites (tertiary alicyclic amines) is 2. The predicted octanol–water partition coefficient (Wildman–Crippen LogP) is 1.79. The Morgan fingerprint density at radius 1 is 1.06 bits per heavy atom. The summed E-state index contributed by atoms with van der Waals surface area (Å²) in [5.74, 6) is 0.779. The average Bonchev–Trinajstić information content (AvgIpc) is 2.41. The van der Waals surface area contributed by atoms with E-state index >= 15 is 0 Å². The van der Waals surface area contributed by atoms with Crippen LogP contribution in [0.1, 0.15) is 39.0 Å². The topological polar surface area (TPSA) is 18.5 Å². The number of hydrogen-bond acceptors (Lipinski definition) is 3. The molecule has 0 radical (unpaired) electrons. The van der Waals surface area contributed by atoms with Crippen LogP contribution in [0.15, 0.2) is 0 Å². The lowest BCUT2D eigenvalue weighted by atomic mass is 9.99. The maximum absolute atomic E-state index is 3.28. The molecule has 0 amide bonds. The molecule has 2 heterocycles. The second-order valence-electron chi connectivity index (χ2n) is 6.29. The molecule has 2 aliphatic rings. The number of piperidine rings is 2. The fourth-order valence-corrected chi connectivity index (χ4v) is 3.60. The van der Waals surface area contributed by atoms with E-state index < -0.39 is 0 Å². The SMILES string of the molecule is CNCC(C)CN1CCC(N2CCCCC2)CC1. The molecule has 18 heavy (non-hydrogen) atoms. The normalized spacial score (nSPS) is 26.3. The van der Waals surface area contributed by atoms with E-state index in [0.717, 1.165) is 18.5 Å². The number of hydrogen-bond donors (Lipinski definition) is 1. The molecular formula is C15H31N3. The largest absolute Gasteiger partial charge is 0.319 e. The van der Waals surface area contributed by atoms with Crippen LogP contribution < -0.4 is 5.32 Å². The van der Waals surface area contributed by atoms with Crippen molar-refractivity contribution in [3.63, 3.8) is 0 Å². The van der Waals surface area contributed by atoms with Crippen LogP contribution in [0.3, 0.4) is 0 Å². The van der Waals surface area contributed by atoms with Gasteiger partial charge in [0.15, 0.2) is 0 Å². The van der Waals surface area contributed by atoms with Gasteiger partial charge in [0.2, 0.25) is 0 Å². The lowest BCUT2D eigenvalue weighted by molar-refractivity contribution is 0.0866. The van der Waals surface area contributed by atoms with Gasteiger partial charge in [-0.3, -0.25) is 0 Å². The monoisotopic (exact) mass is 253 g/mol. The van der Waals surface area contributed by atoms with Crippen molar-refractivity contribution in [1.82, 2.24) is 15.1 Å². The lowest BCUT2D eigenvalue weighted by Crippen LogP contribution is -2.47. The third-order valence-electron chi connectivity index (χ3n) is 4.59. The van der Waals surface area contributed by atoms with Gasteiger partial charge in [0.25, 0.3) is 0 Å². The van der Waals surface area contributed by atoms with Crippen LogP contribution in [0.5, 0.6) is 0 Å². The molecule has 1 unspecified atom stereocenters. The summed E-state index contributed by atoms with van der Waals surface area (Å²) in [7, 11) is 2.05. The van der Waals surface area contributed by atoms with Crippen LogP contribution in [0.4, 0.5) is 0 Å². The minimum Gasteiger partial charge on any atom is -0.319 e. The molecule has 106 valence electrons. The van der Waals surface area contributed by atoms with Gasteiger partial charge >= 0.3 is 0 Å². The Labute approximate surface area is 113 Å². The molecule has 0 bridgehead atoms. The number of nitrogens with zero attached hydrogens (tertiary/aromatic N) is 2. The highest BCUT2D eigenvalue weighted by atomic mass is 15.2. The van der Waals surface area contributed by atoms with Crippen LogP contribution in [0, 0.1) is 5.92 Å². The molecule has 1 atom stereocenters. The zero-order chi connectivity index (χ0) is 12.8. The van der Waals surface area contributed by atoms with E-state index in [1.807, 2.05) is 0 Å². The number of rotatable bonds is 5. The molecule has 3 heteroatoms. The van der Waals surface area contributed by atoms with E-state index in [-0.39, 0.29) is 0 Å². The zero-order valence-corrected chi connectivity index (χ0v) is 12.3. The molecule has 0 aromatic rings. The summed E-state index contributed by atoms with van der Waals surface area (Å²) >= 11 is 0. The molecule has 0 aromatic heterocycles. The van der Waals surface area contributed by atoms with Gasteiger partial charge in [-0.05, 0) is 71.4 Å². The zero-order valence-electron chi connectivity index (χ0n) is 12.3. The summed E-state index contributed by atoms with van der Waals surface area (Å²) < 4.78 is 0. The fourth-order valence-electron chi connectivity index (χ4n) is 3.60. The predicted molar refractivity (Wildman–Crippen MR) is 78.0 cm³/mol. The van der Waals surface area contributed by atoms with Gasteiger partial charge in [-0.25, -0.2) is 0 Å². The van der Waals surface area contributed by atoms with Crippen LogP contribution in [0.2, 0.25) is 0 Å². The summed E-state index contributed by atoms with van der Waals surface area (Å²) in [6.07, 6.45) is 7.11. The maximum atomic E-state index is 3.28. The molecule has 2 saturated heterocycles. The second-order valence-corrected chi connectivity index (χ2v) is 6.29. The van der Waals surface area contributed by atoms with Crippen LogP contribution >= 0.6 is 0 Å². The lowest BCUT2D eigenvalue weighted by Gasteiger charge is -2.40. The van der Waals surface area contributed by atoms with E-state index in [4.69, 9.17) is 0 Å². The highest BCUT2D eigenvalue weighted by molar-refractivity contribution is 4.82.